The topological polar surface area (TPSA) is 59.8 Å². The Kier molecular flexibility index (Phi) is 3.80. The zero-order valence-electron chi connectivity index (χ0n) is 11.4. The molecule has 5 nitrogen and oxygen atoms in total. The van der Waals surface area contributed by atoms with Crippen molar-refractivity contribution in [2.45, 2.75) is 40.2 Å². The molecule has 1 aliphatic heterocycles. The minimum Gasteiger partial charge on any atom is -0.316 e. The van der Waals surface area contributed by atoms with Crippen LogP contribution in [0, 0.1) is 11.3 Å². The third kappa shape index (κ3) is 2.19. The molecule has 0 saturated carbocycles. The van der Waals surface area contributed by atoms with E-state index >= 15 is 0 Å². The summed E-state index contributed by atoms with van der Waals surface area (Å²) in [7, 11) is 0. The van der Waals surface area contributed by atoms with Gasteiger partial charge in [-0.25, -0.2) is 9.67 Å². The molecular weight excluding hydrogens is 228 g/mol. The van der Waals surface area contributed by atoms with Gasteiger partial charge in [0, 0.05) is 18.5 Å². The lowest BCUT2D eigenvalue weighted by atomic mass is 9.72. The van der Waals surface area contributed by atoms with Gasteiger partial charge in [0.2, 0.25) is 0 Å². The summed E-state index contributed by atoms with van der Waals surface area (Å²) in [6.07, 6.45) is 2.86. The molecule has 0 aromatic carbocycles. The molecule has 5 heteroatoms. The first-order valence-corrected chi connectivity index (χ1v) is 6.71. The number of Topliss-reactive ketones (excluding diaryl/α,β-unsaturated/α-hetero) is 1. The molecule has 0 bridgehead atoms. The maximum atomic E-state index is 12.6. The monoisotopic (exact) mass is 250 g/mol. The quantitative estimate of drug-likeness (QED) is 0.848. The van der Waals surface area contributed by atoms with Gasteiger partial charge < -0.3 is 5.32 Å². The molecule has 2 rings (SSSR count). The molecule has 1 aliphatic rings. The summed E-state index contributed by atoms with van der Waals surface area (Å²) in [6.45, 7) is 8.77. The second-order valence-electron chi connectivity index (χ2n) is 5.33. The van der Waals surface area contributed by atoms with Crippen LogP contribution in [-0.4, -0.2) is 33.6 Å². The number of nitrogens with zero attached hydrogens (tertiary/aromatic N) is 3. The first kappa shape index (κ1) is 13.2. The third-order valence-electron chi connectivity index (χ3n) is 4.16. The van der Waals surface area contributed by atoms with E-state index in [1.54, 1.807) is 4.68 Å². The largest absolute Gasteiger partial charge is 0.316 e. The van der Waals surface area contributed by atoms with Crippen molar-refractivity contribution in [3.05, 3.63) is 12.2 Å². The van der Waals surface area contributed by atoms with Gasteiger partial charge in [-0.05, 0) is 25.8 Å². The minimum atomic E-state index is -0.218. The fourth-order valence-electron chi connectivity index (χ4n) is 2.77. The molecule has 0 amide bonds. The number of ketones is 1. The number of hydrogen-bond donors (Lipinski definition) is 1. The van der Waals surface area contributed by atoms with Crippen LogP contribution in [0.2, 0.25) is 0 Å². The normalized spacial score (nSPS) is 23.8. The Balaban J connectivity index is 2.16. The van der Waals surface area contributed by atoms with Crippen LogP contribution < -0.4 is 5.32 Å². The first-order chi connectivity index (χ1) is 8.60. The maximum absolute atomic E-state index is 12.6. The lowest BCUT2D eigenvalue weighted by Gasteiger charge is -2.30. The molecule has 1 aromatic rings. The Morgan fingerprint density at radius 2 is 2.39 bits per heavy atom. The van der Waals surface area contributed by atoms with Crippen LogP contribution in [0.4, 0.5) is 0 Å². The van der Waals surface area contributed by atoms with Crippen molar-refractivity contribution in [1.82, 2.24) is 20.1 Å². The van der Waals surface area contributed by atoms with E-state index in [0.29, 0.717) is 18.1 Å². The van der Waals surface area contributed by atoms with E-state index in [0.717, 1.165) is 31.9 Å². The van der Waals surface area contributed by atoms with Gasteiger partial charge in [-0.1, -0.05) is 13.8 Å². The van der Waals surface area contributed by atoms with Crippen LogP contribution in [0.1, 0.15) is 33.0 Å². The molecule has 1 aromatic heterocycles. The van der Waals surface area contributed by atoms with E-state index in [-0.39, 0.29) is 5.41 Å². The fraction of sp³-hybridized carbons (Fsp3) is 0.769. The molecular formula is C13H22N4O. The van der Waals surface area contributed by atoms with E-state index in [9.17, 15) is 4.79 Å². The van der Waals surface area contributed by atoms with E-state index in [4.69, 9.17) is 0 Å². The number of aromatic nitrogens is 3. The minimum absolute atomic E-state index is 0.218. The second-order valence-corrected chi connectivity index (χ2v) is 5.33. The summed E-state index contributed by atoms with van der Waals surface area (Å²) in [6, 6.07) is 0. The predicted octanol–water partition coefficient (Wildman–Crippen LogP) is 1.05. The zero-order valence-corrected chi connectivity index (χ0v) is 11.4. The molecule has 1 atom stereocenters. The molecule has 2 heterocycles. The van der Waals surface area contributed by atoms with Crippen LogP contribution in [0.25, 0.3) is 0 Å². The van der Waals surface area contributed by atoms with Crippen LogP contribution in [0.5, 0.6) is 0 Å². The molecule has 1 unspecified atom stereocenters. The second kappa shape index (κ2) is 5.18. The number of carbonyl (C=O) groups excluding carboxylic acids is 1. The Morgan fingerprint density at radius 1 is 1.61 bits per heavy atom. The van der Waals surface area contributed by atoms with Gasteiger partial charge in [0.15, 0.2) is 0 Å². The number of aryl methyl sites for hydroxylation is 1. The molecule has 18 heavy (non-hydrogen) atoms. The van der Waals surface area contributed by atoms with Gasteiger partial charge in [-0.15, -0.1) is 0 Å². The fourth-order valence-corrected chi connectivity index (χ4v) is 2.77. The van der Waals surface area contributed by atoms with Crippen molar-refractivity contribution >= 4 is 5.78 Å². The SMILES string of the molecule is CCn1ncnc1CC(=O)C1(C(C)C)CCNC1. The summed E-state index contributed by atoms with van der Waals surface area (Å²) in [5, 5.41) is 7.44. The van der Waals surface area contributed by atoms with Gasteiger partial charge >= 0.3 is 0 Å². The molecule has 0 radical (unpaired) electrons. The third-order valence-corrected chi connectivity index (χ3v) is 4.16. The Labute approximate surface area is 108 Å². The zero-order chi connectivity index (χ0) is 13.2. The lowest BCUT2D eigenvalue weighted by Crippen LogP contribution is -2.40. The predicted molar refractivity (Wildman–Crippen MR) is 69.2 cm³/mol. The van der Waals surface area contributed by atoms with Gasteiger partial charge in [-0.2, -0.15) is 5.10 Å². The molecule has 1 N–H and O–H groups in total. The summed E-state index contributed by atoms with van der Waals surface area (Å²) in [5.41, 5.74) is -0.218. The standard InChI is InChI=1S/C13H22N4O/c1-4-17-12(15-9-16-17)7-11(18)13(10(2)3)5-6-14-8-13/h9-10,14H,4-8H2,1-3H3. The highest BCUT2D eigenvalue weighted by atomic mass is 16.1. The summed E-state index contributed by atoms with van der Waals surface area (Å²) < 4.78 is 1.80. The molecule has 100 valence electrons. The number of nitrogens with one attached hydrogen (secondary N) is 1. The van der Waals surface area contributed by atoms with E-state index in [2.05, 4.69) is 29.2 Å². The highest BCUT2D eigenvalue weighted by molar-refractivity contribution is 5.87. The highest BCUT2D eigenvalue weighted by Gasteiger charge is 2.43. The van der Waals surface area contributed by atoms with E-state index in [1.807, 2.05) is 6.92 Å². The van der Waals surface area contributed by atoms with Gasteiger partial charge in [0.25, 0.3) is 0 Å². The maximum Gasteiger partial charge on any atom is 0.148 e. The van der Waals surface area contributed by atoms with Crippen molar-refractivity contribution in [1.29, 1.82) is 0 Å². The summed E-state index contributed by atoms with van der Waals surface area (Å²) >= 11 is 0. The Hall–Kier alpha value is -1.23. The van der Waals surface area contributed by atoms with Crippen molar-refractivity contribution in [2.75, 3.05) is 13.1 Å². The van der Waals surface area contributed by atoms with Gasteiger partial charge in [-0.3, -0.25) is 4.79 Å². The molecule has 0 aliphatic carbocycles. The average molecular weight is 250 g/mol. The van der Waals surface area contributed by atoms with Crippen molar-refractivity contribution < 1.29 is 4.79 Å². The summed E-state index contributed by atoms with van der Waals surface area (Å²) in [5.74, 6) is 1.44. The number of hydrogen-bond acceptors (Lipinski definition) is 4. The first-order valence-electron chi connectivity index (χ1n) is 6.71. The van der Waals surface area contributed by atoms with Crippen LogP contribution in [0.3, 0.4) is 0 Å². The lowest BCUT2D eigenvalue weighted by molar-refractivity contribution is -0.129. The van der Waals surface area contributed by atoms with E-state index in [1.165, 1.54) is 6.33 Å². The number of rotatable bonds is 5. The van der Waals surface area contributed by atoms with Crippen molar-refractivity contribution in [3.8, 4) is 0 Å². The summed E-state index contributed by atoms with van der Waals surface area (Å²) in [4.78, 5) is 16.8. The van der Waals surface area contributed by atoms with Crippen LogP contribution in [-0.2, 0) is 17.8 Å². The molecule has 1 fully saturated rings. The number of carbonyl (C=O) groups is 1. The Morgan fingerprint density at radius 3 is 2.94 bits per heavy atom. The smallest absolute Gasteiger partial charge is 0.148 e. The molecule has 1 saturated heterocycles. The van der Waals surface area contributed by atoms with Crippen molar-refractivity contribution in [3.63, 3.8) is 0 Å². The molecule has 0 spiro atoms. The Bertz CT molecular complexity index is 418. The van der Waals surface area contributed by atoms with Crippen LogP contribution >= 0.6 is 0 Å². The van der Waals surface area contributed by atoms with Crippen molar-refractivity contribution in [2.24, 2.45) is 11.3 Å². The highest BCUT2D eigenvalue weighted by Crippen LogP contribution is 2.35. The average Bonchev–Trinajstić information content (AvgIpc) is 2.97. The van der Waals surface area contributed by atoms with Gasteiger partial charge in [0.1, 0.15) is 17.9 Å². The van der Waals surface area contributed by atoms with Gasteiger partial charge in [0.05, 0.1) is 6.42 Å². The van der Waals surface area contributed by atoms with E-state index < -0.39 is 0 Å². The van der Waals surface area contributed by atoms with Crippen LogP contribution in [0.15, 0.2) is 6.33 Å².